The third-order valence-corrected chi connectivity index (χ3v) is 20.1. The van der Waals surface area contributed by atoms with E-state index in [1.54, 1.807) is 78.0 Å². The van der Waals surface area contributed by atoms with Crippen LogP contribution in [0, 0.1) is 30.6 Å². The Kier molecular flexibility index (Phi) is 28.0. The zero-order chi connectivity index (χ0) is 74.4. The zero-order valence-electron chi connectivity index (χ0n) is 62.5. The lowest BCUT2D eigenvalue weighted by molar-refractivity contribution is -0.000539. The van der Waals surface area contributed by atoms with Gasteiger partial charge in [-0.25, -0.2) is 0 Å². The maximum absolute atomic E-state index is 11.1. The van der Waals surface area contributed by atoms with E-state index in [0.29, 0.717) is 103 Å². The number of hydrogen-bond acceptors (Lipinski definition) is 19. The number of allylic oxidation sites excluding steroid dienone is 4. The van der Waals surface area contributed by atoms with Gasteiger partial charge in [-0.05, 0) is 138 Å². The molecular weight excluding hydrogens is 1300 g/mol. The van der Waals surface area contributed by atoms with Crippen LogP contribution in [-0.2, 0) is 28.1 Å². The van der Waals surface area contributed by atoms with Gasteiger partial charge in [-0.1, -0.05) is 132 Å². The van der Waals surface area contributed by atoms with Gasteiger partial charge in [-0.3, -0.25) is 0 Å². The average molecular weight is 1410 g/mol. The molecule has 6 aromatic carbocycles. The second kappa shape index (κ2) is 35.9. The van der Waals surface area contributed by atoms with E-state index >= 15 is 0 Å². The van der Waals surface area contributed by atoms with Crippen molar-refractivity contribution in [2.75, 3.05) is 89.9 Å². The topological polar surface area (TPSA) is 252 Å². The molecule has 0 aromatic heterocycles. The van der Waals surface area contributed by atoms with Crippen molar-refractivity contribution >= 4 is 0 Å². The summed E-state index contributed by atoms with van der Waals surface area (Å²) in [4.78, 5) is 0. The van der Waals surface area contributed by atoms with Crippen LogP contribution in [0.3, 0.4) is 0 Å². The van der Waals surface area contributed by atoms with Crippen molar-refractivity contribution in [1.29, 1.82) is 0 Å². The maximum atomic E-state index is 11.1. The summed E-state index contributed by atoms with van der Waals surface area (Å²) in [5, 5.41) is 70.8. The van der Waals surface area contributed by atoms with Crippen LogP contribution in [0.1, 0.15) is 154 Å². The van der Waals surface area contributed by atoms with Crippen molar-refractivity contribution in [3.63, 3.8) is 0 Å². The number of hydrogen-bond donors (Lipinski definition) is 7. The molecule has 19 nitrogen and oxygen atoms in total. The minimum atomic E-state index is -1.07. The third kappa shape index (κ3) is 17.9. The molecule has 102 heavy (non-hydrogen) atoms. The molecule has 3 aliphatic heterocycles. The molecule has 2 fully saturated rings. The lowest BCUT2D eigenvalue weighted by Crippen LogP contribution is -2.29. The number of aryl methyl sites for hydroxylation is 1. The minimum absolute atomic E-state index is 0.0403. The molecule has 11 rings (SSSR count). The quantitative estimate of drug-likeness (QED) is 0.0297. The van der Waals surface area contributed by atoms with Crippen LogP contribution in [0.25, 0.3) is 0 Å². The fourth-order valence-electron chi connectivity index (χ4n) is 13.8. The second-order valence-electron chi connectivity index (χ2n) is 27.9. The molecule has 0 radical (unpaired) electrons. The predicted molar refractivity (Wildman–Crippen MR) is 393 cm³/mol. The van der Waals surface area contributed by atoms with Crippen LogP contribution in [-0.4, -0.2) is 144 Å². The summed E-state index contributed by atoms with van der Waals surface area (Å²) in [7, 11) is 12.4. The molecular formula is C83H108O19. The van der Waals surface area contributed by atoms with Gasteiger partial charge in [-0.15, -0.1) is 0 Å². The average Bonchev–Trinajstić information content (AvgIpc) is 1.55. The van der Waals surface area contributed by atoms with Gasteiger partial charge in [0, 0.05) is 40.0 Å². The zero-order valence-corrected chi connectivity index (χ0v) is 62.5. The van der Waals surface area contributed by atoms with E-state index in [0.717, 1.165) is 46.6 Å². The van der Waals surface area contributed by atoms with E-state index in [-0.39, 0.29) is 68.6 Å². The van der Waals surface area contributed by atoms with Gasteiger partial charge in [0.1, 0.15) is 23.7 Å². The van der Waals surface area contributed by atoms with Gasteiger partial charge < -0.3 is 92.6 Å². The van der Waals surface area contributed by atoms with Crippen LogP contribution < -0.4 is 47.4 Å². The fourth-order valence-corrected chi connectivity index (χ4v) is 13.8. The number of fused-ring (bicyclic) bond motifs is 2. The number of rotatable bonds is 24. The van der Waals surface area contributed by atoms with Crippen molar-refractivity contribution in [3.05, 3.63) is 199 Å². The van der Waals surface area contributed by atoms with Gasteiger partial charge in [0.05, 0.1) is 127 Å². The summed E-state index contributed by atoms with van der Waals surface area (Å²) in [5.74, 6) is 7.09. The van der Waals surface area contributed by atoms with E-state index in [1.807, 2.05) is 61.5 Å². The van der Waals surface area contributed by atoms with Crippen LogP contribution in [0.5, 0.6) is 57.5 Å². The molecule has 2 saturated heterocycles. The van der Waals surface area contributed by atoms with Crippen molar-refractivity contribution < 1.29 is 92.6 Å². The van der Waals surface area contributed by atoms with Crippen LogP contribution in [0.15, 0.2) is 144 Å². The molecule has 12 atom stereocenters. The van der Waals surface area contributed by atoms with Gasteiger partial charge >= 0.3 is 0 Å². The summed E-state index contributed by atoms with van der Waals surface area (Å²) in [6, 6.07) is 29.2. The van der Waals surface area contributed by atoms with Gasteiger partial charge in [0.25, 0.3) is 0 Å². The SMILES string of the molecule is CC1=CC(C2OCC3C(C4=CC(C)C(C)=C4)OCC23)=CC1C.COc1ccc(C(O)C(CO)Oc2ccc(C(C)(C)C)cc2OC)cc1OC.COc1ccc(C(O)C(CO)c2cc(C(C)C)cc(OC)c2OC)cc1CO.COc1ccc(C2Oc3c(CO)cc(C)cc3C2CO)cc1OC. The predicted octanol–water partition coefficient (Wildman–Crippen LogP) is 13.4. The molecule has 554 valence electrons. The first-order valence-electron chi connectivity index (χ1n) is 34.8. The summed E-state index contributed by atoms with van der Waals surface area (Å²) in [5.41, 5.74) is 13.7. The molecule has 7 N–H and O–H groups in total. The Labute approximate surface area is 602 Å². The monoisotopic (exact) mass is 1410 g/mol. The Hall–Kier alpha value is -8.08. The minimum Gasteiger partial charge on any atom is -0.496 e. The Morgan fingerprint density at radius 3 is 1.49 bits per heavy atom. The fraction of sp³-hybridized carbons (Fsp3) is 0.470. The molecule has 3 heterocycles. The van der Waals surface area contributed by atoms with E-state index in [4.69, 9.17) is 56.8 Å². The summed E-state index contributed by atoms with van der Waals surface area (Å²) in [6.07, 6.45) is 6.56. The lowest BCUT2D eigenvalue weighted by atomic mass is 9.85. The Bertz CT molecular complexity index is 3860. The van der Waals surface area contributed by atoms with E-state index in [2.05, 4.69) is 86.6 Å². The van der Waals surface area contributed by atoms with E-state index < -0.39 is 24.2 Å². The Morgan fingerprint density at radius 2 is 1.01 bits per heavy atom. The normalized spacial score (nSPS) is 21.3. The van der Waals surface area contributed by atoms with Gasteiger partial charge in [0.15, 0.2) is 52.1 Å². The van der Waals surface area contributed by atoms with Crippen LogP contribution in [0.4, 0.5) is 0 Å². The molecule has 2 aliphatic carbocycles. The third-order valence-electron chi connectivity index (χ3n) is 20.1. The molecule has 6 aromatic rings. The lowest BCUT2D eigenvalue weighted by Gasteiger charge is -2.26. The molecule has 12 unspecified atom stereocenters. The smallest absolute Gasteiger partial charge is 0.164 e. The Morgan fingerprint density at radius 1 is 0.500 bits per heavy atom. The van der Waals surface area contributed by atoms with E-state index in [1.165, 1.54) is 43.6 Å². The summed E-state index contributed by atoms with van der Waals surface area (Å²) >= 11 is 0. The van der Waals surface area contributed by atoms with Gasteiger partial charge in [-0.2, -0.15) is 0 Å². The standard InChI is InChI=1S/2C22H30O6.C20H26O2.C19H22O5/c1-22(2,3)15-8-10-17(19(12-15)27-6)28-20(13-23)21(24)14-7-9-16(25-4)18(11-14)26-5;1-13(2)15-9-17(22(28-5)20(10-15)27-4)18(12-24)21(25)14-6-7-19(26-3)16(8-14)11-23;1-11-5-15(6-12(11)2)19-17-9-22-20(18(17)10-21-19)16-7-13(3)14(4)8-16;1-11-6-13(9-20)19-14(7-11)15(10-21)18(24-19)12-4-5-16(22-2)17(8-12)23-3/h7-12,20-21,23-24H,13H2,1-6H3;6-10,13,18,21,23-25H,11-12H2,1-5H3;5-8,11,13,17-20H,9-10H2,1-4H3;4-8,15,18,20-21H,9-10H2,1-3H3. The van der Waals surface area contributed by atoms with E-state index in [9.17, 15) is 35.7 Å². The molecule has 0 bridgehead atoms. The van der Waals surface area contributed by atoms with Crippen molar-refractivity contribution in [2.45, 2.75) is 142 Å². The molecule has 0 amide bonds. The largest absolute Gasteiger partial charge is 0.496 e. The highest BCUT2D eigenvalue weighted by Gasteiger charge is 2.49. The van der Waals surface area contributed by atoms with Gasteiger partial charge in [0.2, 0.25) is 0 Å². The highest BCUT2D eigenvalue weighted by molar-refractivity contribution is 5.55. The molecule has 0 spiro atoms. The Balaban J connectivity index is 0.000000173. The first-order valence-corrected chi connectivity index (χ1v) is 34.8. The number of aliphatic hydroxyl groups excluding tert-OH is 7. The number of benzene rings is 6. The first kappa shape index (κ1) is 79.6. The maximum Gasteiger partial charge on any atom is 0.164 e. The molecule has 5 aliphatic rings. The first-order chi connectivity index (χ1) is 48.8. The highest BCUT2D eigenvalue weighted by Crippen LogP contribution is 2.51. The van der Waals surface area contributed by atoms with Crippen LogP contribution >= 0.6 is 0 Å². The molecule has 19 heteroatoms. The highest BCUT2D eigenvalue weighted by atomic mass is 16.5. The number of aliphatic hydroxyl groups is 7. The second-order valence-corrected chi connectivity index (χ2v) is 27.9. The molecule has 0 saturated carbocycles. The summed E-state index contributed by atoms with van der Waals surface area (Å²) < 4.78 is 67.3. The summed E-state index contributed by atoms with van der Waals surface area (Å²) in [6.45, 7) is 22.0. The number of methoxy groups -OCH3 is 8. The van der Waals surface area contributed by atoms with Crippen molar-refractivity contribution in [2.24, 2.45) is 23.7 Å². The number of ether oxygens (including phenoxy) is 12. The van der Waals surface area contributed by atoms with Crippen molar-refractivity contribution in [1.82, 2.24) is 0 Å². The van der Waals surface area contributed by atoms with Crippen molar-refractivity contribution in [3.8, 4) is 57.5 Å². The van der Waals surface area contributed by atoms with Crippen LogP contribution in [0.2, 0.25) is 0 Å².